The molecule has 0 radical (unpaired) electrons. The number of hydrogen-bond acceptors (Lipinski definition) is 5. The molecule has 21 heavy (non-hydrogen) atoms. The van der Waals surface area contributed by atoms with Gasteiger partial charge in [0.25, 0.3) is 5.91 Å². The lowest BCUT2D eigenvalue weighted by Crippen LogP contribution is -2.37. The molecule has 0 bridgehead atoms. The van der Waals surface area contributed by atoms with Crippen molar-refractivity contribution in [3.05, 3.63) is 46.0 Å². The van der Waals surface area contributed by atoms with E-state index >= 15 is 0 Å². The number of nitrogens with zero attached hydrogens (tertiary/aromatic N) is 1. The second-order valence-corrected chi connectivity index (χ2v) is 6.11. The molecule has 1 aromatic heterocycles. The van der Waals surface area contributed by atoms with Crippen LogP contribution < -0.4 is 5.32 Å². The first kappa shape index (κ1) is 13.8. The lowest BCUT2D eigenvalue weighted by atomic mass is 9.98. The standard InChI is InChI=1S/C15H14N2O3S/c1-8-9(2)21-15(16-8)17-13(18)12-7-10-5-3-4-6-11(10)14(19)20-12/h3-6,12H,7H2,1-2H3,(H,16,17,18). The van der Waals surface area contributed by atoms with Gasteiger partial charge >= 0.3 is 5.97 Å². The molecule has 108 valence electrons. The third-order valence-electron chi connectivity index (χ3n) is 3.44. The summed E-state index contributed by atoms with van der Waals surface area (Å²) in [6.45, 7) is 3.83. The molecule has 3 rings (SSSR count). The smallest absolute Gasteiger partial charge is 0.339 e. The largest absolute Gasteiger partial charge is 0.448 e. The summed E-state index contributed by atoms with van der Waals surface area (Å²) in [4.78, 5) is 29.4. The van der Waals surface area contributed by atoms with Gasteiger partial charge in [0.1, 0.15) is 0 Å². The Hall–Kier alpha value is -2.21. The van der Waals surface area contributed by atoms with E-state index in [2.05, 4.69) is 10.3 Å². The fourth-order valence-corrected chi connectivity index (χ4v) is 3.01. The third kappa shape index (κ3) is 2.67. The van der Waals surface area contributed by atoms with Crippen molar-refractivity contribution in [3.63, 3.8) is 0 Å². The Labute approximate surface area is 126 Å². The van der Waals surface area contributed by atoms with Gasteiger partial charge in [-0.3, -0.25) is 10.1 Å². The number of hydrogen-bond donors (Lipinski definition) is 1. The lowest BCUT2D eigenvalue weighted by Gasteiger charge is -2.23. The van der Waals surface area contributed by atoms with Crippen molar-refractivity contribution in [2.24, 2.45) is 0 Å². The quantitative estimate of drug-likeness (QED) is 0.865. The van der Waals surface area contributed by atoms with Crippen molar-refractivity contribution in [1.29, 1.82) is 0 Å². The molecule has 0 spiro atoms. The fourth-order valence-electron chi connectivity index (χ4n) is 2.19. The predicted octanol–water partition coefficient (Wildman–Crippen LogP) is 2.48. The number of thiazole rings is 1. The molecule has 0 saturated heterocycles. The molecule has 1 aromatic carbocycles. The molecule has 0 fully saturated rings. The van der Waals surface area contributed by atoms with Crippen molar-refractivity contribution in [2.75, 3.05) is 5.32 Å². The molecule has 2 aromatic rings. The minimum atomic E-state index is -0.808. The first-order chi connectivity index (χ1) is 10.0. The Morgan fingerprint density at radius 3 is 2.86 bits per heavy atom. The average molecular weight is 302 g/mol. The third-order valence-corrected chi connectivity index (χ3v) is 4.43. The number of benzene rings is 1. The second kappa shape index (κ2) is 5.29. The van der Waals surface area contributed by atoms with Gasteiger partial charge in [0, 0.05) is 11.3 Å². The summed E-state index contributed by atoms with van der Waals surface area (Å²) in [6, 6.07) is 7.18. The van der Waals surface area contributed by atoms with Crippen LogP contribution in [0.2, 0.25) is 0 Å². The predicted molar refractivity (Wildman–Crippen MR) is 79.6 cm³/mol. The van der Waals surface area contributed by atoms with Gasteiger partial charge in [-0.25, -0.2) is 9.78 Å². The van der Waals surface area contributed by atoms with Gasteiger partial charge in [0.15, 0.2) is 11.2 Å². The zero-order valence-corrected chi connectivity index (χ0v) is 12.5. The molecule has 1 atom stereocenters. The highest BCUT2D eigenvalue weighted by Crippen LogP contribution is 2.24. The van der Waals surface area contributed by atoms with E-state index in [4.69, 9.17) is 4.74 Å². The molecule has 1 aliphatic rings. The molecule has 0 aliphatic carbocycles. The molecule has 0 saturated carbocycles. The number of nitrogens with one attached hydrogen (secondary N) is 1. The van der Waals surface area contributed by atoms with Crippen molar-refractivity contribution >= 4 is 28.3 Å². The first-order valence-electron chi connectivity index (χ1n) is 6.58. The number of anilines is 1. The van der Waals surface area contributed by atoms with Crippen molar-refractivity contribution in [1.82, 2.24) is 4.98 Å². The Morgan fingerprint density at radius 1 is 1.38 bits per heavy atom. The first-order valence-corrected chi connectivity index (χ1v) is 7.40. The van der Waals surface area contributed by atoms with Gasteiger partial charge in [-0.05, 0) is 25.5 Å². The highest BCUT2D eigenvalue weighted by Gasteiger charge is 2.31. The molecule has 1 N–H and O–H groups in total. The van der Waals surface area contributed by atoms with Crippen LogP contribution in [0.4, 0.5) is 5.13 Å². The molecule has 1 aliphatic heterocycles. The number of carbonyl (C=O) groups excluding carboxylic acids is 2. The van der Waals surface area contributed by atoms with Gasteiger partial charge in [-0.1, -0.05) is 18.2 Å². The Kier molecular flexibility index (Phi) is 3.47. The number of esters is 1. The number of aryl methyl sites for hydroxylation is 2. The van der Waals surface area contributed by atoms with E-state index < -0.39 is 12.1 Å². The molecule has 6 heteroatoms. The highest BCUT2D eigenvalue weighted by molar-refractivity contribution is 7.15. The number of rotatable bonds is 2. The van der Waals surface area contributed by atoms with Gasteiger partial charge < -0.3 is 4.74 Å². The van der Waals surface area contributed by atoms with Gasteiger partial charge in [0.2, 0.25) is 0 Å². The number of aromatic nitrogens is 1. The number of fused-ring (bicyclic) bond motifs is 1. The van der Waals surface area contributed by atoms with Crippen LogP contribution in [-0.2, 0) is 16.0 Å². The Bertz CT molecular complexity index is 704. The summed E-state index contributed by atoms with van der Waals surface area (Å²) in [6.07, 6.45) is -0.422. The van der Waals surface area contributed by atoms with Crippen LogP contribution in [0.3, 0.4) is 0 Å². The van der Waals surface area contributed by atoms with Crippen molar-refractivity contribution in [3.8, 4) is 0 Å². The summed E-state index contributed by atoms with van der Waals surface area (Å²) < 4.78 is 5.21. The summed E-state index contributed by atoms with van der Waals surface area (Å²) in [7, 11) is 0. The van der Waals surface area contributed by atoms with E-state index in [0.717, 1.165) is 16.1 Å². The maximum absolute atomic E-state index is 12.2. The normalized spacial score (nSPS) is 17.0. The number of carbonyl (C=O) groups is 2. The monoisotopic (exact) mass is 302 g/mol. The summed E-state index contributed by atoms with van der Waals surface area (Å²) >= 11 is 1.41. The topological polar surface area (TPSA) is 68.3 Å². The summed E-state index contributed by atoms with van der Waals surface area (Å²) in [5, 5.41) is 3.25. The molecular weight excluding hydrogens is 288 g/mol. The van der Waals surface area contributed by atoms with Crippen LogP contribution >= 0.6 is 11.3 Å². The van der Waals surface area contributed by atoms with Gasteiger partial charge in [-0.2, -0.15) is 0 Å². The lowest BCUT2D eigenvalue weighted by molar-refractivity contribution is -0.125. The second-order valence-electron chi connectivity index (χ2n) is 4.91. The van der Waals surface area contributed by atoms with E-state index in [9.17, 15) is 9.59 Å². The molecule has 5 nitrogen and oxygen atoms in total. The van der Waals surface area contributed by atoms with E-state index in [0.29, 0.717) is 17.1 Å². The molecule has 1 amide bonds. The summed E-state index contributed by atoms with van der Waals surface area (Å²) in [5.74, 6) is -0.796. The van der Waals surface area contributed by atoms with Crippen LogP contribution in [-0.4, -0.2) is 23.0 Å². The Morgan fingerprint density at radius 2 is 2.14 bits per heavy atom. The Balaban J connectivity index is 1.76. The number of cyclic esters (lactones) is 1. The van der Waals surface area contributed by atoms with Crippen molar-refractivity contribution in [2.45, 2.75) is 26.4 Å². The molecular formula is C15H14N2O3S. The number of amides is 1. The number of ether oxygens (including phenoxy) is 1. The van der Waals surface area contributed by atoms with E-state index in [1.54, 1.807) is 12.1 Å². The van der Waals surface area contributed by atoms with Crippen LogP contribution in [0, 0.1) is 13.8 Å². The van der Waals surface area contributed by atoms with Gasteiger partial charge in [-0.15, -0.1) is 11.3 Å². The van der Waals surface area contributed by atoms with E-state index in [1.165, 1.54) is 11.3 Å². The zero-order chi connectivity index (χ0) is 15.0. The average Bonchev–Trinajstić information content (AvgIpc) is 2.77. The maximum atomic E-state index is 12.2. The van der Waals surface area contributed by atoms with E-state index in [-0.39, 0.29) is 5.91 Å². The van der Waals surface area contributed by atoms with E-state index in [1.807, 2.05) is 26.0 Å². The van der Waals surface area contributed by atoms with Gasteiger partial charge in [0.05, 0.1) is 11.3 Å². The van der Waals surface area contributed by atoms with Crippen LogP contribution in [0.5, 0.6) is 0 Å². The maximum Gasteiger partial charge on any atom is 0.339 e. The fraction of sp³-hybridized carbons (Fsp3) is 0.267. The zero-order valence-electron chi connectivity index (χ0n) is 11.7. The molecule has 2 heterocycles. The van der Waals surface area contributed by atoms with Crippen molar-refractivity contribution < 1.29 is 14.3 Å². The van der Waals surface area contributed by atoms with Crippen LogP contribution in [0.15, 0.2) is 24.3 Å². The minimum absolute atomic E-state index is 0.341. The van der Waals surface area contributed by atoms with Crippen LogP contribution in [0.1, 0.15) is 26.5 Å². The summed E-state index contributed by atoms with van der Waals surface area (Å²) in [5.41, 5.74) is 2.25. The van der Waals surface area contributed by atoms with Crippen LogP contribution in [0.25, 0.3) is 0 Å². The molecule has 1 unspecified atom stereocenters. The minimum Gasteiger partial charge on any atom is -0.448 e. The SMILES string of the molecule is Cc1nc(NC(=O)C2Cc3ccccc3C(=O)O2)sc1C. The highest BCUT2D eigenvalue weighted by atomic mass is 32.1.